The van der Waals surface area contributed by atoms with Gasteiger partial charge in [0.25, 0.3) is 0 Å². The van der Waals surface area contributed by atoms with Crippen LogP contribution in [-0.4, -0.2) is 25.8 Å². The van der Waals surface area contributed by atoms with Gasteiger partial charge in [0.2, 0.25) is 0 Å². The van der Waals surface area contributed by atoms with Crippen molar-refractivity contribution in [3.63, 3.8) is 0 Å². The molecule has 0 radical (unpaired) electrons. The van der Waals surface area contributed by atoms with Crippen molar-refractivity contribution in [3.05, 3.63) is 41.3 Å². The van der Waals surface area contributed by atoms with E-state index < -0.39 is 5.97 Å². The van der Waals surface area contributed by atoms with Gasteiger partial charge in [-0.05, 0) is 18.2 Å². The van der Waals surface area contributed by atoms with Crippen molar-refractivity contribution in [2.45, 2.75) is 0 Å². The van der Waals surface area contributed by atoms with Gasteiger partial charge in [0.05, 0.1) is 0 Å². The fourth-order valence-corrected chi connectivity index (χ4v) is 1.24. The molecule has 2 rings (SSSR count). The van der Waals surface area contributed by atoms with Gasteiger partial charge < -0.3 is 5.11 Å². The molecule has 0 unspecified atom stereocenters. The van der Waals surface area contributed by atoms with Crippen LogP contribution in [0.15, 0.2) is 30.5 Å². The lowest BCUT2D eigenvalue weighted by Gasteiger charge is -2.00. The molecule has 2 aromatic rings. The molecule has 0 bridgehead atoms. The monoisotopic (exact) mass is 223 g/mol. The summed E-state index contributed by atoms with van der Waals surface area (Å²) in [5.41, 5.74) is -0.0286. The summed E-state index contributed by atoms with van der Waals surface area (Å²) in [6.07, 6.45) is 1.61. The Morgan fingerprint density at radius 2 is 2.20 bits per heavy atom. The van der Waals surface area contributed by atoms with Crippen LogP contribution < -0.4 is 0 Å². The second kappa shape index (κ2) is 3.70. The van der Waals surface area contributed by atoms with Crippen LogP contribution in [0.1, 0.15) is 10.5 Å². The van der Waals surface area contributed by atoms with E-state index in [4.69, 9.17) is 16.7 Å². The Kier molecular flexibility index (Phi) is 2.39. The number of aromatic nitrogens is 3. The van der Waals surface area contributed by atoms with Gasteiger partial charge in [-0.1, -0.05) is 17.7 Å². The molecule has 2 heterocycles. The minimum atomic E-state index is -1.07. The van der Waals surface area contributed by atoms with E-state index in [1.54, 1.807) is 24.4 Å². The highest BCUT2D eigenvalue weighted by molar-refractivity contribution is 6.29. The molecule has 0 aromatic carbocycles. The highest BCUT2D eigenvalue weighted by Gasteiger charge is 2.06. The van der Waals surface area contributed by atoms with E-state index in [1.807, 2.05) is 0 Å². The van der Waals surface area contributed by atoms with Crippen molar-refractivity contribution >= 4 is 17.6 Å². The van der Waals surface area contributed by atoms with Crippen LogP contribution in [0.2, 0.25) is 5.15 Å². The number of halogens is 1. The second-order valence-electron chi connectivity index (χ2n) is 2.77. The number of carboxylic acids is 1. The number of carboxylic acid groups (broad SMARTS) is 1. The van der Waals surface area contributed by atoms with E-state index in [2.05, 4.69) is 10.1 Å². The minimum Gasteiger partial charge on any atom is -0.477 e. The summed E-state index contributed by atoms with van der Waals surface area (Å²) < 4.78 is 1.41. The summed E-state index contributed by atoms with van der Waals surface area (Å²) in [6.45, 7) is 0. The Morgan fingerprint density at radius 3 is 2.80 bits per heavy atom. The minimum absolute atomic E-state index is 0.0286. The molecule has 0 aliphatic carbocycles. The van der Waals surface area contributed by atoms with Crippen molar-refractivity contribution in [1.29, 1.82) is 0 Å². The molecule has 2 aromatic heterocycles. The Bertz CT molecular complexity index is 510. The van der Waals surface area contributed by atoms with Crippen molar-refractivity contribution < 1.29 is 9.90 Å². The SMILES string of the molecule is O=C(O)c1cccc(-n2ccc(Cl)n2)n1. The summed E-state index contributed by atoms with van der Waals surface area (Å²) in [6, 6.07) is 6.25. The normalized spacial score (nSPS) is 10.2. The average molecular weight is 224 g/mol. The number of pyridine rings is 1. The van der Waals surface area contributed by atoms with Crippen LogP contribution in [-0.2, 0) is 0 Å². The predicted octanol–water partition coefficient (Wildman–Crippen LogP) is 1.62. The van der Waals surface area contributed by atoms with E-state index in [0.717, 1.165) is 0 Å². The number of carbonyl (C=O) groups is 1. The zero-order valence-electron chi connectivity index (χ0n) is 7.46. The van der Waals surface area contributed by atoms with Crippen molar-refractivity contribution in [2.75, 3.05) is 0 Å². The molecule has 6 heteroatoms. The molecular weight excluding hydrogens is 218 g/mol. The van der Waals surface area contributed by atoms with Gasteiger partial charge in [-0.2, -0.15) is 5.10 Å². The highest BCUT2D eigenvalue weighted by Crippen LogP contribution is 2.08. The van der Waals surface area contributed by atoms with Crippen LogP contribution in [0.5, 0.6) is 0 Å². The largest absolute Gasteiger partial charge is 0.477 e. The standard InChI is InChI=1S/C9H6ClN3O2/c10-7-4-5-13(12-7)8-3-1-2-6(11-8)9(14)15/h1-5H,(H,14,15). The molecule has 0 aliphatic heterocycles. The maximum atomic E-state index is 10.7. The third-order valence-corrected chi connectivity index (χ3v) is 1.95. The number of nitrogens with zero attached hydrogens (tertiary/aromatic N) is 3. The molecular formula is C9H6ClN3O2. The first-order valence-corrected chi connectivity index (χ1v) is 4.46. The van der Waals surface area contributed by atoms with Gasteiger partial charge in [-0.25, -0.2) is 14.5 Å². The maximum absolute atomic E-state index is 10.7. The van der Waals surface area contributed by atoms with Gasteiger partial charge in [0.15, 0.2) is 16.7 Å². The number of rotatable bonds is 2. The third-order valence-electron chi connectivity index (χ3n) is 1.74. The Morgan fingerprint density at radius 1 is 1.40 bits per heavy atom. The van der Waals surface area contributed by atoms with Gasteiger partial charge >= 0.3 is 5.97 Å². The molecule has 76 valence electrons. The molecule has 15 heavy (non-hydrogen) atoms. The lowest BCUT2D eigenvalue weighted by atomic mass is 10.3. The Balaban J connectivity index is 2.45. The first-order chi connectivity index (χ1) is 7.16. The third kappa shape index (κ3) is 1.97. The van der Waals surface area contributed by atoms with Crippen LogP contribution in [0.4, 0.5) is 0 Å². The van der Waals surface area contributed by atoms with Gasteiger partial charge in [-0.3, -0.25) is 0 Å². The summed E-state index contributed by atoms with van der Waals surface area (Å²) >= 11 is 5.64. The predicted molar refractivity (Wildman–Crippen MR) is 53.3 cm³/mol. The van der Waals surface area contributed by atoms with E-state index in [9.17, 15) is 4.79 Å². The first kappa shape index (κ1) is 9.67. The van der Waals surface area contributed by atoms with Crippen LogP contribution in [0.25, 0.3) is 5.82 Å². The first-order valence-electron chi connectivity index (χ1n) is 4.09. The number of hydrogen-bond donors (Lipinski definition) is 1. The van der Waals surface area contributed by atoms with E-state index in [0.29, 0.717) is 11.0 Å². The molecule has 0 atom stereocenters. The fourth-order valence-electron chi connectivity index (χ4n) is 1.10. The fraction of sp³-hybridized carbons (Fsp3) is 0. The molecule has 0 saturated heterocycles. The van der Waals surface area contributed by atoms with Gasteiger partial charge in [-0.15, -0.1) is 0 Å². The maximum Gasteiger partial charge on any atom is 0.354 e. The van der Waals surface area contributed by atoms with Crippen LogP contribution in [0, 0.1) is 0 Å². The number of aromatic carboxylic acids is 1. The topological polar surface area (TPSA) is 68.0 Å². The van der Waals surface area contributed by atoms with Crippen molar-refractivity contribution in [3.8, 4) is 5.82 Å². The van der Waals surface area contributed by atoms with Gasteiger partial charge in [0.1, 0.15) is 0 Å². The Hall–Kier alpha value is -1.88. The van der Waals surface area contributed by atoms with Crippen LogP contribution in [0.3, 0.4) is 0 Å². The molecule has 0 fully saturated rings. The van der Waals surface area contributed by atoms with E-state index in [-0.39, 0.29) is 5.69 Å². The second-order valence-corrected chi connectivity index (χ2v) is 3.16. The van der Waals surface area contributed by atoms with Crippen LogP contribution >= 0.6 is 11.6 Å². The molecule has 0 amide bonds. The van der Waals surface area contributed by atoms with Crippen molar-refractivity contribution in [1.82, 2.24) is 14.8 Å². The summed E-state index contributed by atoms with van der Waals surface area (Å²) in [5, 5.41) is 13.0. The molecule has 0 aliphatic rings. The van der Waals surface area contributed by atoms with E-state index in [1.165, 1.54) is 10.7 Å². The molecule has 5 nitrogen and oxygen atoms in total. The average Bonchev–Trinajstić information content (AvgIpc) is 2.65. The molecule has 1 N–H and O–H groups in total. The summed E-state index contributed by atoms with van der Waals surface area (Å²) in [4.78, 5) is 14.6. The number of hydrogen-bond acceptors (Lipinski definition) is 3. The molecule has 0 spiro atoms. The van der Waals surface area contributed by atoms with Gasteiger partial charge in [0, 0.05) is 6.20 Å². The zero-order chi connectivity index (χ0) is 10.8. The van der Waals surface area contributed by atoms with Crippen molar-refractivity contribution in [2.24, 2.45) is 0 Å². The lowest BCUT2D eigenvalue weighted by molar-refractivity contribution is 0.0690. The Labute approximate surface area is 89.9 Å². The highest BCUT2D eigenvalue weighted by atomic mass is 35.5. The zero-order valence-corrected chi connectivity index (χ0v) is 8.22. The lowest BCUT2D eigenvalue weighted by Crippen LogP contribution is -2.04. The smallest absolute Gasteiger partial charge is 0.354 e. The quantitative estimate of drug-likeness (QED) is 0.840. The summed E-state index contributed by atoms with van der Waals surface area (Å²) in [7, 11) is 0. The summed E-state index contributed by atoms with van der Waals surface area (Å²) in [5.74, 6) is -0.656. The van der Waals surface area contributed by atoms with E-state index >= 15 is 0 Å². The molecule has 0 saturated carbocycles.